The number of aryl methyl sites for hydroxylation is 8. The number of hydrogen-bond acceptors (Lipinski definition) is 16. The third-order valence-corrected chi connectivity index (χ3v) is 17.1. The zero-order valence-corrected chi connectivity index (χ0v) is 56.7. The first-order chi connectivity index (χ1) is 47.4. The maximum atomic E-state index is 6.08. The second-order valence-corrected chi connectivity index (χ2v) is 24.0. The van der Waals surface area contributed by atoms with Crippen molar-refractivity contribution in [1.82, 2.24) is 26.6 Å². The molecule has 4 aliphatic heterocycles. The number of morpholine rings is 3. The van der Waals surface area contributed by atoms with E-state index in [1.807, 2.05) is 91.0 Å². The third-order valence-electron chi connectivity index (χ3n) is 17.1. The van der Waals surface area contributed by atoms with E-state index in [-0.39, 0.29) is 18.3 Å². The van der Waals surface area contributed by atoms with Crippen LogP contribution in [0.1, 0.15) is 44.5 Å². The number of para-hydroxylation sites is 4. The molecule has 96 heavy (non-hydrogen) atoms. The summed E-state index contributed by atoms with van der Waals surface area (Å²) in [5, 5.41) is 16.8. The lowest BCUT2D eigenvalue weighted by molar-refractivity contribution is -0.0000189. The monoisotopic (exact) mass is 1310 g/mol. The van der Waals surface area contributed by atoms with Gasteiger partial charge in [0.1, 0.15) is 90.7 Å². The van der Waals surface area contributed by atoms with Gasteiger partial charge in [-0.2, -0.15) is 0 Å². The van der Waals surface area contributed by atoms with Crippen molar-refractivity contribution in [1.29, 1.82) is 0 Å². The van der Waals surface area contributed by atoms with Crippen LogP contribution in [0.3, 0.4) is 0 Å². The molecule has 4 heterocycles. The molecule has 8 aromatic rings. The minimum absolute atomic E-state index is 0.133. The Morgan fingerprint density at radius 1 is 0.292 bits per heavy atom. The number of ether oxygens (including phenoxy) is 11. The lowest BCUT2D eigenvalue weighted by atomic mass is 10.0. The summed E-state index contributed by atoms with van der Waals surface area (Å²) in [6.07, 6.45) is 8.15. The van der Waals surface area contributed by atoms with Gasteiger partial charge < -0.3 is 78.7 Å². The zero-order valence-electron chi connectivity index (χ0n) is 56.7. The minimum Gasteiger partial charge on any atom is -0.497 e. The predicted molar refractivity (Wildman–Crippen MR) is 382 cm³/mol. The summed E-state index contributed by atoms with van der Waals surface area (Å²) >= 11 is 0. The highest BCUT2D eigenvalue weighted by Crippen LogP contribution is 2.26. The van der Waals surface area contributed by atoms with Crippen LogP contribution >= 0.6 is 0 Å². The van der Waals surface area contributed by atoms with Gasteiger partial charge in [-0.05, 0) is 169 Å². The average molecular weight is 1310 g/mol. The maximum Gasteiger partial charge on any atom is 0.122 e. The average Bonchev–Trinajstić information content (AvgIpc) is 1.40. The second-order valence-electron chi connectivity index (χ2n) is 24.0. The van der Waals surface area contributed by atoms with Crippen molar-refractivity contribution in [2.24, 2.45) is 0 Å². The van der Waals surface area contributed by atoms with E-state index in [0.717, 1.165) is 176 Å². The molecule has 4 saturated heterocycles. The summed E-state index contributed by atoms with van der Waals surface area (Å²) in [4.78, 5) is 0. The Hall–Kier alpha value is -8.16. The van der Waals surface area contributed by atoms with Crippen molar-refractivity contribution in [3.63, 3.8) is 0 Å². The van der Waals surface area contributed by atoms with Crippen molar-refractivity contribution < 1.29 is 52.1 Å². The van der Waals surface area contributed by atoms with Gasteiger partial charge in [0, 0.05) is 58.9 Å². The van der Waals surface area contributed by atoms with E-state index >= 15 is 0 Å². The summed E-state index contributed by atoms with van der Waals surface area (Å²) in [5.41, 5.74) is 10.2. The molecular formula is C80H101N5O11. The molecular weight excluding hydrogens is 1210 g/mol. The number of hydrogen-bond donors (Lipinski definition) is 5. The molecule has 8 aromatic carbocycles. The molecule has 0 bridgehead atoms. The Morgan fingerprint density at radius 3 is 0.812 bits per heavy atom. The Labute approximate surface area is 570 Å². The molecule has 16 heteroatoms. The van der Waals surface area contributed by atoms with Gasteiger partial charge in [0.15, 0.2) is 0 Å². The van der Waals surface area contributed by atoms with Gasteiger partial charge in [0.05, 0.1) is 54.3 Å². The molecule has 0 aliphatic carbocycles. The van der Waals surface area contributed by atoms with E-state index in [1.165, 1.54) is 44.5 Å². The van der Waals surface area contributed by atoms with Gasteiger partial charge in [0.25, 0.3) is 0 Å². The first-order valence-electron chi connectivity index (χ1n) is 34.2. The van der Waals surface area contributed by atoms with Crippen molar-refractivity contribution in [2.45, 2.75) is 75.7 Å². The normalized spacial score (nSPS) is 17.5. The first kappa shape index (κ1) is 72.1. The molecule has 5 N–H and O–H groups in total. The highest BCUT2D eigenvalue weighted by Gasteiger charge is 2.19. The van der Waals surface area contributed by atoms with E-state index in [1.54, 1.807) is 28.4 Å². The molecule has 0 radical (unpaired) electrons. The van der Waals surface area contributed by atoms with Crippen LogP contribution in [0, 0.1) is 0 Å². The van der Waals surface area contributed by atoms with Crippen LogP contribution in [-0.2, 0) is 65.6 Å². The molecule has 2 unspecified atom stereocenters. The fraction of sp³-hybridized carbons (Fsp3) is 0.400. The fourth-order valence-electron chi connectivity index (χ4n) is 11.4. The van der Waals surface area contributed by atoms with Gasteiger partial charge in [0.2, 0.25) is 0 Å². The second kappa shape index (κ2) is 41.7. The number of nitrogens with one attached hydrogen (secondary N) is 5. The third kappa shape index (κ3) is 25.4. The van der Waals surface area contributed by atoms with Crippen LogP contribution in [0.4, 0.5) is 0 Å². The molecule has 16 nitrogen and oxygen atoms in total. The van der Waals surface area contributed by atoms with Crippen LogP contribution in [0.25, 0.3) is 0 Å². The van der Waals surface area contributed by atoms with Crippen LogP contribution < -0.4 is 64.5 Å². The van der Waals surface area contributed by atoms with Gasteiger partial charge in [-0.25, -0.2) is 0 Å². The Morgan fingerprint density at radius 2 is 0.562 bits per heavy atom. The van der Waals surface area contributed by atoms with Crippen molar-refractivity contribution in [3.8, 4) is 46.0 Å². The van der Waals surface area contributed by atoms with Crippen molar-refractivity contribution in [3.05, 3.63) is 239 Å². The molecule has 0 spiro atoms. The Balaban J connectivity index is 0.000000150. The van der Waals surface area contributed by atoms with E-state index in [2.05, 4.69) is 130 Å². The lowest BCUT2D eigenvalue weighted by Crippen LogP contribution is -2.51. The molecule has 12 rings (SSSR count). The Kier molecular flexibility index (Phi) is 31.3. The van der Waals surface area contributed by atoms with Crippen LogP contribution in [-0.4, -0.2) is 158 Å². The largest absolute Gasteiger partial charge is 0.497 e. The van der Waals surface area contributed by atoms with Gasteiger partial charge in [-0.3, -0.25) is 0 Å². The lowest BCUT2D eigenvalue weighted by Gasteiger charge is -2.25. The molecule has 4 atom stereocenters. The number of rotatable bonds is 28. The number of piperazine rings is 1. The number of benzene rings is 8. The summed E-state index contributed by atoms with van der Waals surface area (Å²) in [7, 11) is 6.76. The molecule has 4 fully saturated rings. The van der Waals surface area contributed by atoms with Gasteiger partial charge >= 0.3 is 0 Å². The predicted octanol–water partition coefficient (Wildman–Crippen LogP) is 11.0. The molecule has 512 valence electrons. The van der Waals surface area contributed by atoms with Crippen LogP contribution in [0.2, 0.25) is 0 Å². The smallest absolute Gasteiger partial charge is 0.122 e. The fourth-order valence-corrected chi connectivity index (χ4v) is 11.4. The molecule has 0 saturated carbocycles. The van der Waals surface area contributed by atoms with Gasteiger partial charge in [-0.1, -0.05) is 121 Å². The van der Waals surface area contributed by atoms with E-state index in [0.29, 0.717) is 32.5 Å². The van der Waals surface area contributed by atoms with Crippen molar-refractivity contribution in [2.75, 3.05) is 134 Å². The summed E-state index contributed by atoms with van der Waals surface area (Å²) in [6, 6.07) is 66.5. The topological polar surface area (TPSA) is 162 Å². The quantitative estimate of drug-likeness (QED) is 0.0315. The van der Waals surface area contributed by atoms with Crippen LogP contribution in [0.15, 0.2) is 194 Å². The first-order valence-corrected chi connectivity index (χ1v) is 34.2. The zero-order chi connectivity index (χ0) is 66.5. The molecule has 4 aliphatic rings. The number of methoxy groups -OCH3 is 4. The van der Waals surface area contributed by atoms with E-state index < -0.39 is 0 Å². The van der Waals surface area contributed by atoms with E-state index in [9.17, 15) is 0 Å². The van der Waals surface area contributed by atoms with Crippen molar-refractivity contribution >= 4 is 0 Å². The summed E-state index contributed by atoms with van der Waals surface area (Å²) < 4.78 is 62.0. The Bertz CT molecular complexity index is 2940. The minimum atomic E-state index is 0.133. The molecule has 0 aromatic heterocycles. The molecule has 0 amide bonds. The standard InChI is InChI=1S/C20H26N2O2.3C20H25NO3/c1-23-19-10-7-16(8-11-19)6-9-17-4-2-3-5-20(17)24-15-18-14-21-12-13-22-18;3*1-22-18-10-7-16(8-11-18)6-9-17-4-2-3-5-20(17)24-15-19-14-21-12-13-23-19/h2-5,7-8,10-11,18,21-22H,6,9,12-15H2,1H3;3*2-5,7-8,10-11,19,21H,6,9,12-15H2,1H3/t;2*19-;/m.10./s1. The van der Waals surface area contributed by atoms with E-state index in [4.69, 9.17) is 52.1 Å². The van der Waals surface area contributed by atoms with Gasteiger partial charge in [-0.15, -0.1) is 0 Å². The maximum absolute atomic E-state index is 6.08. The highest BCUT2D eigenvalue weighted by molar-refractivity contribution is 5.39. The summed E-state index contributed by atoms with van der Waals surface area (Å²) in [6.45, 7) is 13.1. The SMILES string of the molecule is COc1ccc(CCc2ccccc2OCC2CNCCN2)cc1.COc1ccc(CCc2ccccc2OCC2CNCCO2)cc1.COc1ccc(CCc2ccccc2OC[C@@H]2CNCCO2)cc1.COc1ccc(CCc2ccccc2OC[C@H]2CNCCO2)cc1. The highest BCUT2D eigenvalue weighted by atomic mass is 16.5. The van der Waals surface area contributed by atoms with Crippen LogP contribution in [0.5, 0.6) is 46.0 Å². The summed E-state index contributed by atoms with van der Waals surface area (Å²) in [5.74, 6) is 7.45.